The molecule has 0 radical (unpaired) electrons. The maximum atomic E-state index is 5.73. The number of nitrogens with one attached hydrogen (secondary N) is 1. The van der Waals surface area contributed by atoms with Crippen LogP contribution in [0.1, 0.15) is 37.5 Å². The minimum absolute atomic E-state index is 0.118. The minimum Gasteiger partial charge on any atom is -0.487 e. The number of halogens is 1. The van der Waals surface area contributed by atoms with Crippen molar-refractivity contribution >= 4 is 11.6 Å². The fourth-order valence-corrected chi connectivity index (χ4v) is 1.94. The molecule has 19 heavy (non-hydrogen) atoms. The van der Waals surface area contributed by atoms with Crippen molar-refractivity contribution in [1.29, 1.82) is 0 Å². The highest BCUT2D eigenvalue weighted by atomic mass is 35.5. The van der Waals surface area contributed by atoms with Crippen LogP contribution < -0.4 is 10.1 Å². The molecule has 0 saturated carbocycles. The highest BCUT2D eigenvalue weighted by Gasteiger charge is 2.11. The molecule has 0 fully saturated rings. The van der Waals surface area contributed by atoms with Gasteiger partial charge in [0.05, 0.1) is 0 Å². The topological polar surface area (TPSA) is 21.3 Å². The first-order valence-electron chi connectivity index (χ1n) is 6.50. The van der Waals surface area contributed by atoms with Crippen LogP contribution in [0, 0.1) is 13.8 Å². The first-order valence-corrected chi connectivity index (χ1v) is 6.88. The third-order valence-electron chi connectivity index (χ3n) is 2.72. The molecule has 1 N–H and O–H groups in total. The molecule has 1 aromatic rings. The summed E-state index contributed by atoms with van der Waals surface area (Å²) in [4.78, 5) is 0. The zero-order chi connectivity index (χ0) is 14.6. The SMILES string of the molecule is C=C(Cl)COc1c(C)cc(CNC(C)(C)C)cc1C. The molecule has 0 unspecified atom stereocenters. The van der Waals surface area contributed by atoms with Gasteiger partial charge in [0, 0.05) is 17.1 Å². The predicted octanol–water partition coefficient (Wildman–Crippen LogP) is 4.32. The lowest BCUT2D eigenvalue weighted by molar-refractivity contribution is 0.354. The summed E-state index contributed by atoms with van der Waals surface area (Å²) >= 11 is 5.73. The van der Waals surface area contributed by atoms with Crippen molar-refractivity contribution in [3.05, 3.63) is 40.4 Å². The Balaban J connectivity index is 2.81. The van der Waals surface area contributed by atoms with Crippen molar-refractivity contribution in [1.82, 2.24) is 5.32 Å². The molecular formula is C16H24ClNO. The quantitative estimate of drug-likeness (QED) is 0.868. The molecule has 0 saturated heterocycles. The van der Waals surface area contributed by atoms with Crippen molar-refractivity contribution in [3.8, 4) is 5.75 Å². The molecule has 0 spiro atoms. The van der Waals surface area contributed by atoms with Gasteiger partial charge in [-0.2, -0.15) is 0 Å². The summed E-state index contributed by atoms with van der Waals surface area (Å²) in [7, 11) is 0. The lowest BCUT2D eigenvalue weighted by Crippen LogP contribution is -2.35. The van der Waals surface area contributed by atoms with E-state index in [9.17, 15) is 0 Å². The second-order valence-corrected chi connectivity index (χ2v) is 6.50. The van der Waals surface area contributed by atoms with Crippen molar-refractivity contribution in [2.75, 3.05) is 6.61 Å². The summed E-state index contributed by atoms with van der Waals surface area (Å²) in [5.41, 5.74) is 3.64. The largest absolute Gasteiger partial charge is 0.487 e. The first-order chi connectivity index (χ1) is 8.69. The van der Waals surface area contributed by atoms with E-state index in [4.69, 9.17) is 16.3 Å². The Morgan fingerprint density at radius 1 is 1.26 bits per heavy atom. The minimum atomic E-state index is 0.118. The maximum absolute atomic E-state index is 5.73. The molecule has 0 aliphatic carbocycles. The Hall–Kier alpha value is -0.990. The summed E-state index contributed by atoms with van der Waals surface area (Å²) in [6.07, 6.45) is 0. The van der Waals surface area contributed by atoms with Crippen LogP contribution in [0.4, 0.5) is 0 Å². The summed E-state index contributed by atoms with van der Waals surface area (Å²) in [5, 5.41) is 4.00. The van der Waals surface area contributed by atoms with E-state index < -0.39 is 0 Å². The van der Waals surface area contributed by atoms with Gasteiger partial charge in [-0.05, 0) is 51.3 Å². The number of hydrogen-bond acceptors (Lipinski definition) is 2. The van der Waals surface area contributed by atoms with Crippen LogP contribution in [-0.2, 0) is 6.54 Å². The van der Waals surface area contributed by atoms with Crippen molar-refractivity contribution in [3.63, 3.8) is 0 Å². The van der Waals surface area contributed by atoms with Crippen LogP contribution in [0.5, 0.6) is 5.75 Å². The van der Waals surface area contributed by atoms with Crippen LogP contribution in [-0.4, -0.2) is 12.1 Å². The Morgan fingerprint density at radius 3 is 2.21 bits per heavy atom. The predicted molar refractivity (Wildman–Crippen MR) is 83.0 cm³/mol. The average Bonchev–Trinajstić information content (AvgIpc) is 2.23. The van der Waals surface area contributed by atoms with Gasteiger partial charge >= 0.3 is 0 Å². The Labute approximate surface area is 121 Å². The monoisotopic (exact) mass is 281 g/mol. The standard InChI is InChI=1S/C16H24ClNO/c1-11-7-14(9-18-16(4,5)6)8-12(2)15(11)19-10-13(3)17/h7-8,18H,3,9-10H2,1-2,4-6H3. The zero-order valence-electron chi connectivity index (χ0n) is 12.6. The third kappa shape index (κ3) is 5.66. The second kappa shape index (κ2) is 6.44. The maximum Gasteiger partial charge on any atom is 0.125 e. The second-order valence-electron chi connectivity index (χ2n) is 5.97. The molecule has 1 aromatic carbocycles. The smallest absolute Gasteiger partial charge is 0.125 e. The number of ether oxygens (including phenoxy) is 1. The first kappa shape index (κ1) is 16.1. The average molecular weight is 282 g/mol. The van der Waals surface area contributed by atoms with Crippen molar-refractivity contribution < 1.29 is 4.74 Å². The number of hydrogen-bond donors (Lipinski definition) is 1. The van der Waals surface area contributed by atoms with Crippen LogP contribution in [0.25, 0.3) is 0 Å². The van der Waals surface area contributed by atoms with Gasteiger partial charge in [0.2, 0.25) is 0 Å². The van der Waals surface area contributed by atoms with Gasteiger partial charge in [-0.25, -0.2) is 0 Å². The van der Waals surface area contributed by atoms with E-state index in [1.807, 2.05) is 0 Å². The van der Waals surface area contributed by atoms with Gasteiger partial charge in [-0.1, -0.05) is 30.3 Å². The van der Waals surface area contributed by atoms with Gasteiger partial charge in [-0.3, -0.25) is 0 Å². The van der Waals surface area contributed by atoms with Crippen LogP contribution >= 0.6 is 11.6 Å². The summed E-state index contributed by atoms with van der Waals surface area (Å²) in [6.45, 7) is 15.4. The molecule has 2 nitrogen and oxygen atoms in total. The fourth-order valence-electron chi connectivity index (χ4n) is 1.89. The normalized spacial score (nSPS) is 11.5. The van der Waals surface area contributed by atoms with Crippen LogP contribution in [0.3, 0.4) is 0 Å². The third-order valence-corrected chi connectivity index (χ3v) is 2.83. The van der Waals surface area contributed by atoms with E-state index in [1.165, 1.54) is 5.56 Å². The highest BCUT2D eigenvalue weighted by molar-refractivity contribution is 6.29. The number of aryl methyl sites for hydroxylation is 2. The highest BCUT2D eigenvalue weighted by Crippen LogP contribution is 2.25. The molecular weight excluding hydrogens is 258 g/mol. The molecule has 3 heteroatoms. The number of benzene rings is 1. The van der Waals surface area contributed by atoms with E-state index in [-0.39, 0.29) is 5.54 Å². The van der Waals surface area contributed by atoms with Gasteiger partial charge < -0.3 is 10.1 Å². The van der Waals surface area contributed by atoms with E-state index in [0.29, 0.717) is 11.6 Å². The van der Waals surface area contributed by atoms with Crippen LogP contribution in [0.2, 0.25) is 0 Å². The summed E-state index contributed by atoms with van der Waals surface area (Å²) < 4.78 is 5.68. The van der Waals surface area contributed by atoms with Gasteiger partial charge in [-0.15, -0.1) is 0 Å². The van der Waals surface area contributed by atoms with Gasteiger partial charge in [0.25, 0.3) is 0 Å². The van der Waals surface area contributed by atoms with Gasteiger partial charge in [0.1, 0.15) is 12.4 Å². The van der Waals surface area contributed by atoms with Gasteiger partial charge in [0.15, 0.2) is 0 Å². The molecule has 0 aliphatic rings. The molecule has 0 atom stereocenters. The molecule has 0 bridgehead atoms. The van der Waals surface area contributed by atoms with E-state index in [0.717, 1.165) is 23.4 Å². The Morgan fingerprint density at radius 2 is 1.79 bits per heavy atom. The lowest BCUT2D eigenvalue weighted by atomic mass is 10.0. The molecule has 0 amide bonds. The molecule has 0 heterocycles. The number of rotatable bonds is 5. The van der Waals surface area contributed by atoms with Crippen LogP contribution in [0.15, 0.2) is 23.7 Å². The van der Waals surface area contributed by atoms with E-state index in [2.05, 4.69) is 58.6 Å². The summed E-state index contributed by atoms with van der Waals surface area (Å²) in [5.74, 6) is 0.904. The Kier molecular flexibility index (Phi) is 5.45. The fraction of sp³-hybridized carbons (Fsp3) is 0.500. The molecule has 0 aliphatic heterocycles. The summed E-state index contributed by atoms with van der Waals surface area (Å²) in [6, 6.07) is 4.30. The molecule has 106 valence electrons. The van der Waals surface area contributed by atoms with Crippen molar-refractivity contribution in [2.45, 2.75) is 46.7 Å². The zero-order valence-corrected chi connectivity index (χ0v) is 13.3. The van der Waals surface area contributed by atoms with E-state index in [1.54, 1.807) is 0 Å². The van der Waals surface area contributed by atoms with E-state index >= 15 is 0 Å². The molecule has 1 rings (SSSR count). The lowest BCUT2D eigenvalue weighted by Gasteiger charge is -2.21. The molecule has 0 aromatic heterocycles. The van der Waals surface area contributed by atoms with Crippen molar-refractivity contribution in [2.24, 2.45) is 0 Å². The Bertz CT molecular complexity index is 437.